The molecule has 78 valence electrons. The summed E-state index contributed by atoms with van der Waals surface area (Å²) in [5.74, 6) is 0.701. The smallest absolute Gasteiger partial charge is 0.0785 e. The lowest BCUT2D eigenvalue weighted by atomic mass is 9.91. The first kappa shape index (κ1) is 11.0. The van der Waals surface area contributed by atoms with E-state index in [1.165, 1.54) is 0 Å². The second-order valence-corrected chi connectivity index (χ2v) is 5.04. The van der Waals surface area contributed by atoms with Crippen LogP contribution in [0.15, 0.2) is 0 Å². The molecule has 3 atom stereocenters. The van der Waals surface area contributed by atoms with Crippen molar-refractivity contribution >= 4 is 0 Å². The van der Waals surface area contributed by atoms with Crippen LogP contribution in [0.5, 0.6) is 0 Å². The molecule has 0 aromatic carbocycles. The molecule has 1 aliphatic heterocycles. The lowest BCUT2D eigenvalue weighted by molar-refractivity contribution is -0.123. The van der Waals surface area contributed by atoms with Gasteiger partial charge in [-0.15, -0.1) is 0 Å². The first-order chi connectivity index (χ1) is 5.93. The molecule has 0 saturated carbocycles. The van der Waals surface area contributed by atoms with Gasteiger partial charge in [0.1, 0.15) is 0 Å². The Kier molecular flexibility index (Phi) is 3.36. The SMILES string of the molecule is CC(C)CC1(C)CNC(C)C(C)O1. The van der Waals surface area contributed by atoms with Crippen molar-refractivity contribution in [2.45, 2.75) is 58.8 Å². The summed E-state index contributed by atoms with van der Waals surface area (Å²) in [6, 6.07) is 0.486. The summed E-state index contributed by atoms with van der Waals surface area (Å²) in [5, 5.41) is 3.50. The van der Waals surface area contributed by atoms with Crippen molar-refractivity contribution in [3.63, 3.8) is 0 Å². The van der Waals surface area contributed by atoms with Gasteiger partial charge in [0.15, 0.2) is 0 Å². The lowest BCUT2D eigenvalue weighted by Crippen LogP contribution is -2.56. The zero-order valence-corrected chi connectivity index (χ0v) is 9.55. The van der Waals surface area contributed by atoms with Crippen LogP contribution in [0, 0.1) is 5.92 Å². The summed E-state index contributed by atoms with van der Waals surface area (Å²) in [4.78, 5) is 0. The summed E-state index contributed by atoms with van der Waals surface area (Å²) < 4.78 is 6.03. The maximum atomic E-state index is 6.03. The second-order valence-electron chi connectivity index (χ2n) is 5.04. The number of morpholine rings is 1. The third kappa shape index (κ3) is 2.96. The standard InChI is InChI=1S/C11H23NO/c1-8(2)6-11(5)7-12-9(3)10(4)13-11/h8-10,12H,6-7H2,1-5H3. The fraction of sp³-hybridized carbons (Fsp3) is 1.00. The van der Waals surface area contributed by atoms with Crippen molar-refractivity contribution in [1.82, 2.24) is 5.32 Å². The molecule has 0 spiro atoms. The van der Waals surface area contributed by atoms with E-state index in [1.807, 2.05) is 0 Å². The first-order valence-corrected chi connectivity index (χ1v) is 5.34. The zero-order chi connectivity index (χ0) is 10.1. The van der Waals surface area contributed by atoms with Crippen LogP contribution in [0.3, 0.4) is 0 Å². The molecular weight excluding hydrogens is 162 g/mol. The maximum Gasteiger partial charge on any atom is 0.0785 e. The highest BCUT2D eigenvalue weighted by atomic mass is 16.5. The van der Waals surface area contributed by atoms with E-state index in [-0.39, 0.29) is 5.60 Å². The minimum atomic E-state index is 0.0418. The molecule has 0 amide bonds. The maximum absolute atomic E-state index is 6.03. The van der Waals surface area contributed by atoms with Gasteiger partial charge in [-0.3, -0.25) is 0 Å². The van der Waals surface area contributed by atoms with Crippen molar-refractivity contribution in [2.75, 3.05) is 6.54 Å². The van der Waals surface area contributed by atoms with Crippen LogP contribution in [0.25, 0.3) is 0 Å². The van der Waals surface area contributed by atoms with E-state index in [0.717, 1.165) is 13.0 Å². The number of nitrogens with one attached hydrogen (secondary N) is 1. The van der Waals surface area contributed by atoms with Crippen molar-refractivity contribution in [3.05, 3.63) is 0 Å². The van der Waals surface area contributed by atoms with Gasteiger partial charge in [-0.2, -0.15) is 0 Å². The molecule has 13 heavy (non-hydrogen) atoms. The predicted molar refractivity (Wildman–Crippen MR) is 55.9 cm³/mol. The molecule has 1 fully saturated rings. The molecular formula is C11H23NO. The van der Waals surface area contributed by atoms with Gasteiger partial charge >= 0.3 is 0 Å². The van der Waals surface area contributed by atoms with E-state index >= 15 is 0 Å². The molecule has 3 unspecified atom stereocenters. The molecule has 2 heteroatoms. The Morgan fingerprint density at radius 2 is 2.08 bits per heavy atom. The largest absolute Gasteiger partial charge is 0.369 e. The van der Waals surface area contributed by atoms with Crippen LogP contribution >= 0.6 is 0 Å². The average Bonchev–Trinajstić information content (AvgIpc) is 1.96. The number of hydrogen-bond acceptors (Lipinski definition) is 2. The Morgan fingerprint density at radius 3 is 2.54 bits per heavy atom. The summed E-state index contributed by atoms with van der Waals surface area (Å²) in [6.45, 7) is 12.0. The molecule has 1 aliphatic rings. The molecule has 0 aromatic rings. The van der Waals surface area contributed by atoms with E-state index in [4.69, 9.17) is 4.74 Å². The van der Waals surface area contributed by atoms with Crippen LogP contribution in [0.4, 0.5) is 0 Å². The van der Waals surface area contributed by atoms with Gasteiger partial charge in [-0.05, 0) is 33.1 Å². The van der Waals surface area contributed by atoms with Crippen molar-refractivity contribution in [2.24, 2.45) is 5.92 Å². The Balaban J connectivity index is 2.51. The van der Waals surface area contributed by atoms with E-state index in [2.05, 4.69) is 39.9 Å². The van der Waals surface area contributed by atoms with Crippen molar-refractivity contribution in [3.8, 4) is 0 Å². The molecule has 0 bridgehead atoms. The molecule has 1 N–H and O–H groups in total. The van der Waals surface area contributed by atoms with E-state index in [9.17, 15) is 0 Å². The van der Waals surface area contributed by atoms with Crippen LogP contribution < -0.4 is 5.32 Å². The fourth-order valence-corrected chi connectivity index (χ4v) is 2.12. The Labute approximate surface area is 82.0 Å². The Morgan fingerprint density at radius 1 is 1.46 bits per heavy atom. The van der Waals surface area contributed by atoms with E-state index in [1.54, 1.807) is 0 Å². The van der Waals surface area contributed by atoms with Crippen LogP contribution in [-0.4, -0.2) is 24.3 Å². The molecule has 0 aliphatic carbocycles. The summed E-state index contributed by atoms with van der Waals surface area (Å²) >= 11 is 0. The third-order valence-electron chi connectivity index (χ3n) is 2.81. The van der Waals surface area contributed by atoms with Crippen molar-refractivity contribution in [1.29, 1.82) is 0 Å². The monoisotopic (exact) mass is 185 g/mol. The van der Waals surface area contributed by atoms with Crippen LogP contribution in [0.1, 0.15) is 41.0 Å². The fourth-order valence-electron chi connectivity index (χ4n) is 2.12. The molecule has 1 rings (SSSR count). The summed E-state index contributed by atoms with van der Waals surface area (Å²) in [7, 11) is 0. The van der Waals surface area contributed by atoms with Gasteiger partial charge in [0.2, 0.25) is 0 Å². The first-order valence-electron chi connectivity index (χ1n) is 5.34. The van der Waals surface area contributed by atoms with Gasteiger partial charge in [0, 0.05) is 12.6 Å². The highest BCUT2D eigenvalue weighted by molar-refractivity contribution is 4.88. The quantitative estimate of drug-likeness (QED) is 0.712. The van der Waals surface area contributed by atoms with Gasteiger partial charge in [0.25, 0.3) is 0 Å². The topological polar surface area (TPSA) is 21.3 Å². The van der Waals surface area contributed by atoms with E-state index in [0.29, 0.717) is 18.1 Å². The molecule has 1 heterocycles. The highest BCUT2D eigenvalue weighted by Gasteiger charge is 2.34. The molecule has 1 saturated heterocycles. The normalized spacial score (nSPS) is 41.1. The van der Waals surface area contributed by atoms with Gasteiger partial charge < -0.3 is 10.1 Å². The minimum absolute atomic E-state index is 0.0418. The third-order valence-corrected chi connectivity index (χ3v) is 2.81. The Hall–Kier alpha value is -0.0800. The highest BCUT2D eigenvalue weighted by Crippen LogP contribution is 2.26. The van der Waals surface area contributed by atoms with Crippen LogP contribution in [-0.2, 0) is 4.74 Å². The van der Waals surface area contributed by atoms with Gasteiger partial charge in [-0.1, -0.05) is 13.8 Å². The summed E-state index contributed by atoms with van der Waals surface area (Å²) in [6.07, 6.45) is 1.47. The van der Waals surface area contributed by atoms with E-state index < -0.39 is 0 Å². The summed E-state index contributed by atoms with van der Waals surface area (Å²) in [5.41, 5.74) is 0.0418. The number of ether oxygens (including phenoxy) is 1. The van der Waals surface area contributed by atoms with Gasteiger partial charge in [-0.25, -0.2) is 0 Å². The number of hydrogen-bond donors (Lipinski definition) is 1. The predicted octanol–water partition coefficient (Wildman–Crippen LogP) is 2.19. The Bertz CT molecular complexity index is 169. The second kappa shape index (κ2) is 3.97. The van der Waals surface area contributed by atoms with Crippen LogP contribution in [0.2, 0.25) is 0 Å². The lowest BCUT2D eigenvalue weighted by Gasteiger charge is -2.42. The van der Waals surface area contributed by atoms with Crippen molar-refractivity contribution < 1.29 is 4.74 Å². The average molecular weight is 185 g/mol. The number of rotatable bonds is 2. The molecule has 2 nitrogen and oxygen atoms in total. The molecule has 0 radical (unpaired) electrons. The zero-order valence-electron chi connectivity index (χ0n) is 9.55. The minimum Gasteiger partial charge on any atom is -0.369 e. The van der Waals surface area contributed by atoms with Gasteiger partial charge in [0.05, 0.1) is 11.7 Å². The molecule has 0 aromatic heterocycles.